The number of hydrogen-bond acceptors (Lipinski definition) is 3. The molecule has 28 heavy (non-hydrogen) atoms. The van der Waals surface area contributed by atoms with E-state index in [-0.39, 0.29) is 5.69 Å². The molecule has 0 spiro atoms. The summed E-state index contributed by atoms with van der Waals surface area (Å²) < 4.78 is 47.1. The lowest BCUT2D eigenvalue weighted by atomic mass is 9.94. The van der Waals surface area contributed by atoms with Crippen molar-refractivity contribution in [2.45, 2.75) is 13.1 Å². The van der Waals surface area contributed by atoms with Crippen molar-refractivity contribution >= 4 is 5.91 Å². The first-order valence-electron chi connectivity index (χ1n) is 8.51. The first-order valence-corrected chi connectivity index (χ1v) is 8.51. The minimum atomic E-state index is -4.83. The Labute approximate surface area is 159 Å². The van der Waals surface area contributed by atoms with Gasteiger partial charge >= 0.3 is 6.18 Å². The molecule has 5 nitrogen and oxygen atoms in total. The molecule has 0 saturated heterocycles. The van der Waals surface area contributed by atoms with E-state index in [1.807, 2.05) is 30.3 Å². The zero-order valence-electron chi connectivity index (χ0n) is 15.2. The van der Waals surface area contributed by atoms with Crippen LogP contribution in [0.1, 0.15) is 23.0 Å². The number of primary amides is 1. The van der Waals surface area contributed by atoms with Crippen LogP contribution in [0.25, 0.3) is 22.4 Å². The molecule has 8 heteroatoms. The summed E-state index contributed by atoms with van der Waals surface area (Å²) in [5.41, 5.74) is 4.99. The number of alkyl halides is 3. The smallest absolute Gasteiger partial charge is 0.435 e. The molecule has 0 fully saturated rings. The summed E-state index contributed by atoms with van der Waals surface area (Å²) >= 11 is 0. The van der Waals surface area contributed by atoms with Gasteiger partial charge in [-0.1, -0.05) is 42.5 Å². The summed E-state index contributed by atoms with van der Waals surface area (Å²) in [6.07, 6.45) is -4.83. The molecule has 1 heterocycles. The number of rotatable bonds is 5. The number of nitrogens with two attached hydrogens (primary N) is 1. The van der Waals surface area contributed by atoms with E-state index in [4.69, 9.17) is 10.5 Å². The zero-order valence-corrected chi connectivity index (χ0v) is 15.2. The molecule has 146 valence electrons. The van der Waals surface area contributed by atoms with E-state index in [1.54, 1.807) is 25.1 Å². The maximum Gasteiger partial charge on any atom is 0.435 e. The molecule has 1 aromatic heterocycles. The molecule has 3 rings (SSSR count). The highest BCUT2D eigenvalue weighted by Gasteiger charge is 2.41. The van der Waals surface area contributed by atoms with Crippen molar-refractivity contribution in [3.63, 3.8) is 0 Å². The SMILES string of the molecule is CCOc1cccc(-c2ccccc2)c1-c1c(C(N)=O)c(C(F)(F)F)nn1C. The van der Waals surface area contributed by atoms with Gasteiger partial charge in [0.1, 0.15) is 5.75 Å². The number of aromatic nitrogens is 2. The van der Waals surface area contributed by atoms with Gasteiger partial charge in [0.15, 0.2) is 5.69 Å². The molecule has 0 aliphatic heterocycles. The number of halogens is 3. The molecule has 0 aliphatic rings. The van der Waals surface area contributed by atoms with Crippen molar-refractivity contribution in [1.29, 1.82) is 0 Å². The van der Waals surface area contributed by atoms with E-state index in [1.165, 1.54) is 7.05 Å². The molecule has 2 N–H and O–H groups in total. The number of carbonyl (C=O) groups excluding carboxylic acids is 1. The van der Waals surface area contributed by atoms with Crippen molar-refractivity contribution in [2.24, 2.45) is 12.8 Å². The number of hydrogen-bond donors (Lipinski definition) is 1. The first-order chi connectivity index (χ1) is 13.3. The van der Waals surface area contributed by atoms with Crippen LogP contribution in [0.5, 0.6) is 5.75 Å². The second kappa shape index (κ2) is 7.38. The fraction of sp³-hybridized carbons (Fsp3) is 0.200. The predicted molar refractivity (Wildman–Crippen MR) is 98.8 cm³/mol. The van der Waals surface area contributed by atoms with Crippen LogP contribution < -0.4 is 10.5 Å². The van der Waals surface area contributed by atoms with Gasteiger partial charge in [-0.2, -0.15) is 18.3 Å². The summed E-state index contributed by atoms with van der Waals surface area (Å²) in [5.74, 6) is -0.871. The van der Waals surface area contributed by atoms with Gasteiger partial charge in [0.05, 0.1) is 23.4 Å². The standard InChI is InChI=1S/C20H18F3N3O2/c1-3-28-14-11-7-10-13(12-8-5-4-6-9-12)15(14)17-16(19(24)27)18(20(21,22)23)25-26(17)2/h4-11H,3H2,1-2H3,(H2,24,27). The van der Waals surface area contributed by atoms with Crippen molar-refractivity contribution in [2.75, 3.05) is 6.61 Å². The lowest BCUT2D eigenvalue weighted by molar-refractivity contribution is -0.141. The average molecular weight is 389 g/mol. The molecular formula is C20H18F3N3O2. The minimum Gasteiger partial charge on any atom is -0.493 e. The van der Waals surface area contributed by atoms with Gasteiger partial charge in [-0.15, -0.1) is 0 Å². The number of nitrogens with zero attached hydrogens (tertiary/aromatic N) is 2. The molecule has 0 saturated carbocycles. The maximum absolute atomic E-state index is 13.5. The van der Waals surface area contributed by atoms with Gasteiger partial charge in [0.2, 0.25) is 0 Å². The lowest BCUT2D eigenvalue weighted by Gasteiger charge is -2.17. The Morgan fingerprint density at radius 3 is 2.39 bits per heavy atom. The first kappa shape index (κ1) is 19.5. The molecule has 0 aliphatic carbocycles. The Kier molecular flexibility index (Phi) is 5.13. The predicted octanol–water partition coefficient (Wildman–Crippen LogP) is 4.27. The largest absolute Gasteiger partial charge is 0.493 e. The van der Waals surface area contributed by atoms with E-state index in [2.05, 4.69) is 5.10 Å². The second-order valence-electron chi connectivity index (χ2n) is 6.04. The van der Waals surface area contributed by atoms with Crippen LogP contribution >= 0.6 is 0 Å². The lowest BCUT2D eigenvalue weighted by Crippen LogP contribution is -2.18. The van der Waals surface area contributed by atoms with Crippen molar-refractivity contribution < 1.29 is 22.7 Å². The third-order valence-electron chi connectivity index (χ3n) is 4.21. The normalized spacial score (nSPS) is 11.5. The Balaban J connectivity index is 2.42. The van der Waals surface area contributed by atoms with Gasteiger partial charge in [-0.25, -0.2) is 0 Å². The van der Waals surface area contributed by atoms with Gasteiger partial charge in [0.25, 0.3) is 5.91 Å². The maximum atomic E-state index is 13.5. The second-order valence-corrected chi connectivity index (χ2v) is 6.04. The molecule has 0 bridgehead atoms. The minimum absolute atomic E-state index is 0.0391. The summed E-state index contributed by atoms with van der Waals surface area (Å²) in [6, 6.07) is 14.2. The zero-order chi connectivity index (χ0) is 20.5. The van der Waals surface area contributed by atoms with Crippen molar-refractivity contribution in [3.05, 3.63) is 59.8 Å². The topological polar surface area (TPSA) is 70.1 Å². The van der Waals surface area contributed by atoms with Crippen molar-refractivity contribution in [3.8, 4) is 28.1 Å². The van der Waals surface area contributed by atoms with Crippen LogP contribution in [0, 0.1) is 0 Å². The molecule has 1 amide bonds. The number of carbonyl (C=O) groups is 1. The number of aryl methyl sites for hydroxylation is 1. The van der Waals surface area contributed by atoms with E-state index in [9.17, 15) is 18.0 Å². The summed E-state index contributed by atoms with van der Waals surface area (Å²) in [4.78, 5) is 12.0. The van der Waals surface area contributed by atoms with E-state index in [0.29, 0.717) is 23.5 Å². The highest BCUT2D eigenvalue weighted by molar-refractivity contribution is 6.03. The highest BCUT2D eigenvalue weighted by atomic mass is 19.4. The molecule has 0 radical (unpaired) electrons. The third-order valence-corrected chi connectivity index (χ3v) is 4.21. The Morgan fingerprint density at radius 1 is 1.14 bits per heavy atom. The third kappa shape index (κ3) is 3.45. The van der Waals surface area contributed by atoms with Crippen LogP contribution in [0.2, 0.25) is 0 Å². The Hall–Kier alpha value is -3.29. The molecule has 0 atom stereocenters. The summed E-state index contributed by atoms with van der Waals surface area (Å²) in [5, 5.41) is 3.55. The molecular weight excluding hydrogens is 371 g/mol. The molecule has 3 aromatic rings. The monoisotopic (exact) mass is 389 g/mol. The van der Waals surface area contributed by atoms with E-state index < -0.39 is 23.3 Å². The number of benzene rings is 2. The highest BCUT2D eigenvalue weighted by Crippen LogP contribution is 2.43. The molecule has 0 unspecified atom stereocenters. The van der Waals surface area contributed by atoms with Crippen LogP contribution in [0.15, 0.2) is 48.5 Å². The van der Waals surface area contributed by atoms with E-state index >= 15 is 0 Å². The van der Waals surface area contributed by atoms with Crippen LogP contribution in [0.3, 0.4) is 0 Å². The van der Waals surface area contributed by atoms with Gasteiger partial charge in [0, 0.05) is 7.05 Å². The number of ether oxygens (including phenoxy) is 1. The fourth-order valence-electron chi connectivity index (χ4n) is 3.15. The van der Waals surface area contributed by atoms with Crippen molar-refractivity contribution in [1.82, 2.24) is 9.78 Å². The fourth-order valence-corrected chi connectivity index (χ4v) is 3.15. The van der Waals surface area contributed by atoms with Gasteiger partial charge in [-0.3, -0.25) is 9.48 Å². The van der Waals surface area contributed by atoms with Crippen LogP contribution in [-0.4, -0.2) is 22.3 Å². The average Bonchev–Trinajstić information content (AvgIpc) is 3.00. The van der Waals surface area contributed by atoms with Crippen LogP contribution in [0.4, 0.5) is 13.2 Å². The summed E-state index contributed by atoms with van der Waals surface area (Å²) in [7, 11) is 1.34. The number of amides is 1. The van der Waals surface area contributed by atoms with E-state index in [0.717, 1.165) is 10.2 Å². The Morgan fingerprint density at radius 2 is 1.82 bits per heavy atom. The summed E-state index contributed by atoms with van der Waals surface area (Å²) in [6.45, 7) is 2.06. The van der Waals surface area contributed by atoms with Crippen LogP contribution in [-0.2, 0) is 13.2 Å². The molecule has 2 aromatic carbocycles. The van der Waals surface area contributed by atoms with Gasteiger partial charge in [-0.05, 0) is 24.1 Å². The Bertz CT molecular complexity index is 1010. The quantitative estimate of drug-likeness (QED) is 0.708. The van der Waals surface area contributed by atoms with Gasteiger partial charge < -0.3 is 10.5 Å².